The Morgan fingerprint density at radius 3 is 2.00 bits per heavy atom. The van der Waals surface area contributed by atoms with E-state index in [4.69, 9.17) is 0 Å². The Morgan fingerprint density at radius 2 is 1.48 bits per heavy atom. The van der Waals surface area contributed by atoms with Gasteiger partial charge >= 0.3 is 10.2 Å². The van der Waals surface area contributed by atoms with Crippen LogP contribution in [0.1, 0.15) is 10.4 Å². The van der Waals surface area contributed by atoms with E-state index in [1.807, 2.05) is 0 Å². The third-order valence-electron chi connectivity index (χ3n) is 3.34. The van der Waals surface area contributed by atoms with Crippen molar-refractivity contribution >= 4 is 16.5 Å². The zero-order valence-corrected chi connectivity index (χ0v) is 13.1. The SMILES string of the molecule is O=Cc1ccc(-c2ncn(-c3ccc(S(F)(F)(F)(F)F)cc3)n2)cc1. The molecule has 0 fully saturated rings. The molecule has 0 N–H and O–H groups in total. The molecule has 0 unspecified atom stereocenters. The van der Waals surface area contributed by atoms with Crippen LogP contribution in [0.15, 0.2) is 59.8 Å². The van der Waals surface area contributed by atoms with Crippen LogP contribution in [-0.4, -0.2) is 21.1 Å². The fourth-order valence-corrected chi connectivity index (χ4v) is 2.74. The molecule has 3 rings (SSSR count). The molecule has 0 radical (unpaired) electrons. The van der Waals surface area contributed by atoms with Gasteiger partial charge in [-0.05, 0) is 24.3 Å². The van der Waals surface area contributed by atoms with Crippen LogP contribution in [0, 0.1) is 0 Å². The van der Waals surface area contributed by atoms with Gasteiger partial charge in [0.25, 0.3) is 0 Å². The summed E-state index contributed by atoms with van der Waals surface area (Å²) in [5, 5.41) is 4.09. The van der Waals surface area contributed by atoms with Gasteiger partial charge in [0.2, 0.25) is 0 Å². The van der Waals surface area contributed by atoms with Gasteiger partial charge < -0.3 is 0 Å². The van der Waals surface area contributed by atoms with Gasteiger partial charge in [0.1, 0.15) is 17.5 Å². The van der Waals surface area contributed by atoms with E-state index >= 15 is 0 Å². The molecule has 132 valence electrons. The first-order valence-corrected chi connectivity index (χ1v) is 8.73. The molecule has 0 atom stereocenters. The zero-order chi connectivity index (χ0) is 18.4. The Morgan fingerprint density at radius 1 is 0.880 bits per heavy atom. The Kier molecular flexibility index (Phi) is 3.34. The number of nitrogens with zero attached hydrogens (tertiary/aromatic N) is 3. The van der Waals surface area contributed by atoms with E-state index in [1.165, 1.54) is 6.33 Å². The van der Waals surface area contributed by atoms with E-state index in [1.54, 1.807) is 24.3 Å². The molecule has 2 aromatic carbocycles. The molecule has 0 aliphatic carbocycles. The molecule has 10 heteroatoms. The highest BCUT2D eigenvalue weighted by atomic mass is 32.5. The fraction of sp³-hybridized carbons (Fsp3) is 0. The molecule has 3 aromatic rings. The van der Waals surface area contributed by atoms with Gasteiger partial charge in [-0.3, -0.25) is 4.79 Å². The van der Waals surface area contributed by atoms with Crippen LogP contribution in [-0.2, 0) is 0 Å². The standard InChI is InChI=1S/C15H10F5N3OS/c16-25(17,18,19,20)14-7-5-13(6-8-14)23-10-21-15(22-23)12-3-1-11(9-24)2-4-12/h1-10H. The predicted molar refractivity (Wildman–Crippen MR) is 83.6 cm³/mol. The van der Waals surface area contributed by atoms with Crippen molar-refractivity contribution in [1.82, 2.24) is 14.8 Å². The molecule has 1 aromatic heterocycles. The highest BCUT2D eigenvalue weighted by molar-refractivity contribution is 8.45. The first kappa shape index (κ1) is 17.1. The minimum atomic E-state index is -9.69. The molecule has 0 bridgehead atoms. The highest BCUT2D eigenvalue weighted by Crippen LogP contribution is 3.02. The largest absolute Gasteiger partial charge is 0.310 e. The van der Waals surface area contributed by atoms with Crippen molar-refractivity contribution in [3.8, 4) is 17.1 Å². The van der Waals surface area contributed by atoms with Gasteiger partial charge in [-0.1, -0.05) is 43.7 Å². The van der Waals surface area contributed by atoms with E-state index in [9.17, 15) is 24.2 Å². The third kappa shape index (κ3) is 3.68. The van der Waals surface area contributed by atoms with E-state index in [0.717, 1.165) is 16.8 Å². The van der Waals surface area contributed by atoms with Gasteiger partial charge in [-0.25, -0.2) is 9.67 Å². The quantitative estimate of drug-likeness (QED) is 0.453. The summed E-state index contributed by atoms with van der Waals surface area (Å²) < 4.78 is 64.7. The lowest BCUT2D eigenvalue weighted by Crippen LogP contribution is -2.06. The van der Waals surface area contributed by atoms with Crippen molar-refractivity contribution in [3.63, 3.8) is 0 Å². The van der Waals surface area contributed by atoms with Gasteiger partial charge in [0, 0.05) is 11.1 Å². The fourth-order valence-electron chi connectivity index (χ4n) is 2.09. The maximum Gasteiger partial charge on any atom is 0.310 e. The topological polar surface area (TPSA) is 47.8 Å². The molecule has 0 amide bonds. The molecule has 0 spiro atoms. The summed E-state index contributed by atoms with van der Waals surface area (Å²) in [7, 11) is -9.69. The zero-order valence-electron chi connectivity index (χ0n) is 12.3. The maximum absolute atomic E-state index is 12.7. The van der Waals surface area contributed by atoms with Gasteiger partial charge in [0.05, 0.1) is 5.69 Å². The maximum atomic E-state index is 12.7. The van der Waals surface area contributed by atoms with Crippen LogP contribution in [0.2, 0.25) is 0 Å². The minimum absolute atomic E-state index is 0.147. The summed E-state index contributed by atoms with van der Waals surface area (Å²) in [4.78, 5) is 12.7. The Labute approximate surface area is 138 Å². The number of benzene rings is 2. The number of carbonyl (C=O) groups excluding carboxylic acids is 1. The molecule has 4 nitrogen and oxygen atoms in total. The average Bonchev–Trinajstić information content (AvgIpc) is 3.03. The van der Waals surface area contributed by atoms with Crippen LogP contribution < -0.4 is 0 Å². The molecular weight excluding hydrogens is 365 g/mol. The molecular formula is C15H10F5N3OS. The van der Waals surface area contributed by atoms with Crippen molar-refractivity contribution in [2.75, 3.05) is 0 Å². The first-order chi connectivity index (χ1) is 11.5. The molecule has 0 saturated heterocycles. The van der Waals surface area contributed by atoms with Crippen LogP contribution in [0.25, 0.3) is 17.1 Å². The van der Waals surface area contributed by atoms with E-state index < -0.39 is 15.1 Å². The molecule has 0 saturated carbocycles. The Bertz CT molecular complexity index is 935. The number of rotatable bonds is 4. The summed E-state index contributed by atoms with van der Waals surface area (Å²) in [6.07, 6.45) is 1.92. The molecule has 0 aliphatic heterocycles. The van der Waals surface area contributed by atoms with E-state index in [-0.39, 0.29) is 11.5 Å². The van der Waals surface area contributed by atoms with E-state index in [2.05, 4.69) is 10.1 Å². The van der Waals surface area contributed by atoms with Crippen molar-refractivity contribution in [3.05, 3.63) is 60.4 Å². The average molecular weight is 375 g/mol. The summed E-state index contributed by atoms with van der Waals surface area (Å²) in [6, 6.07) is 8.76. The predicted octanol–water partition coefficient (Wildman–Crippen LogP) is 5.40. The summed E-state index contributed by atoms with van der Waals surface area (Å²) in [5.74, 6) is 0.272. The number of hydrogen-bond donors (Lipinski definition) is 0. The van der Waals surface area contributed by atoms with Crippen molar-refractivity contribution in [2.24, 2.45) is 0 Å². The Hall–Kier alpha value is -2.75. The Balaban J connectivity index is 1.91. The smallest absolute Gasteiger partial charge is 0.298 e. The van der Waals surface area contributed by atoms with Crippen LogP contribution in [0.4, 0.5) is 19.4 Å². The van der Waals surface area contributed by atoms with Gasteiger partial charge in [0.15, 0.2) is 5.82 Å². The lowest BCUT2D eigenvalue weighted by atomic mass is 10.1. The van der Waals surface area contributed by atoms with E-state index in [0.29, 0.717) is 29.5 Å². The second-order valence-electron chi connectivity index (χ2n) is 5.22. The normalized spacial score (nSPS) is 14.6. The summed E-state index contributed by atoms with van der Waals surface area (Å²) in [6.45, 7) is 0. The van der Waals surface area contributed by atoms with Crippen LogP contribution in [0.3, 0.4) is 0 Å². The lowest BCUT2D eigenvalue weighted by molar-refractivity contribution is 0.112. The highest BCUT2D eigenvalue weighted by Gasteiger charge is 2.65. The second kappa shape index (κ2) is 4.88. The third-order valence-corrected chi connectivity index (χ3v) is 4.51. The van der Waals surface area contributed by atoms with Gasteiger partial charge in [-0.2, -0.15) is 0 Å². The number of aromatic nitrogens is 3. The van der Waals surface area contributed by atoms with Crippen molar-refractivity contribution in [1.29, 1.82) is 0 Å². The number of aldehydes is 1. The number of carbonyl (C=O) groups is 1. The molecule has 0 aliphatic rings. The number of halogens is 5. The van der Waals surface area contributed by atoms with Crippen LogP contribution >= 0.6 is 10.2 Å². The summed E-state index contributed by atoms with van der Waals surface area (Å²) >= 11 is 0. The first-order valence-electron chi connectivity index (χ1n) is 6.78. The van der Waals surface area contributed by atoms with Crippen molar-refractivity contribution < 1.29 is 24.2 Å². The monoisotopic (exact) mass is 375 g/mol. The molecule has 1 heterocycles. The van der Waals surface area contributed by atoms with Crippen LogP contribution in [0.5, 0.6) is 0 Å². The molecule has 25 heavy (non-hydrogen) atoms. The van der Waals surface area contributed by atoms with Crippen molar-refractivity contribution in [2.45, 2.75) is 4.90 Å². The van der Waals surface area contributed by atoms with Gasteiger partial charge in [-0.15, -0.1) is 5.10 Å². The number of hydrogen-bond acceptors (Lipinski definition) is 3. The summed E-state index contributed by atoms with van der Waals surface area (Å²) in [5.41, 5.74) is 1.21. The second-order valence-corrected chi connectivity index (χ2v) is 7.62. The minimum Gasteiger partial charge on any atom is -0.298 e. The lowest BCUT2D eigenvalue weighted by Gasteiger charge is -2.40.